The summed E-state index contributed by atoms with van der Waals surface area (Å²) in [6, 6.07) is 15.4. The second-order valence-electron chi connectivity index (χ2n) is 6.03. The van der Waals surface area contributed by atoms with E-state index in [9.17, 15) is 0 Å². The van der Waals surface area contributed by atoms with Gasteiger partial charge < -0.3 is 4.90 Å². The minimum atomic E-state index is 0.397. The zero-order chi connectivity index (χ0) is 15.1. The van der Waals surface area contributed by atoms with E-state index >= 15 is 0 Å². The van der Waals surface area contributed by atoms with Crippen molar-refractivity contribution in [1.82, 2.24) is 9.97 Å². The normalized spacial score (nSPS) is 16.7. The molecule has 3 aromatic rings. The standard InChI is InChI=1S/C19H19N3/c1-13-6-5-9-16-18(13)19(21-12-20-16)22(2)17-11-10-14-7-3-4-8-15(14)17/h3-9,12,17H,10-11H2,1-2H3/t17-/m0/s1. The van der Waals surface area contributed by atoms with Crippen molar-refractivity contribution in [3.63, 3.8) is 0 Å². The van der Waals surface area contributed by atoms with Crippen LogP contribution in [0.1, 0.15) is 29.2 Å². The third-order valence-electron chi connectivity index (χ3n) is 4.75. The monoisotopic (exact) mass is 289 g/mol. The Morgan fingerprint density at radius 3 is 2.82 bits per heavy atom. The average Bonchev–Trinajstić information content (AvgIpc) is 2.98. The fourth-order valence-electron chi connectivity index (χ4n) is 3.61. The van der Waals surface area contributed by atoms with E-state index in [1.54, 1.807) is 6.33 Å². The van der Waals surface area contributed by atoms with Crippen molar-refractivity contribution in [2.75, 3.05) is 11.9 Å². The van der Waals surface area contributed by atoms with Crippen LogP contribution in [0.2, 0.25) is 0 Å². The van der Waals surface area contributed by atoms with E-state index in [0.29, 0.717) is 6.04 Å². The number of anilines is 1. The molecule has 0 aliphatic heterocycles. The van der Waals surface area contributed by atoms with Crippen LogP contribution in [0.3, 0.4) is 0 Å². The molecule has 2 aromatic carbocycles. The van der Waals surface area contributed by atoms with Crippen molar-refractivity contribution in [1.29, 1.82) is 0 Å². The first kappa shape index (κ1) is 13.3. The topological polar surface area (TPSA) is 29.0 Å². The third-order valence-corrected chi connectivity index (χ3v) is 4.75. The van der Waals surface area contributed by atoms with Gasteiger partial charge in [-0.3, -0.25) is 0 Å². The molecule has 0 bridgehead atoms. The smallest absolute Gasteiger partial charge is 0.140 e. The van der Waals surface area contributed by atoms with Crippen molar-refractivity contribution < 1.29 is 0 Å². The summed E-state index contributed by atoms with van der Waals surface area (Å²) in [5.74, 6) is 1.03. The number of benzene rings is 2. The van der Waals surface area contributed by atoms with Crippen LogP contribution >= 0.6 is 0 Å². The van der Waals surface area contributed by atoms with Crippen molar-refractivity contribution in [3.8, 4) is 0 Å². The Morgan fingerprint density at radius 2 is 1.91 bits per heavy atom. The van der Waals surface area contributed by atoms with Gasteiger partial charge in [-0.2, -0.15) is 0 Å². The Hall–Kier alpha value is -2.42. The summed E-state index contributed by atoms with van der Waals surface area (Å²) in [6.07, 6.45) is 3.97. The first-order valence-corrected chi connectivity index (χ1v) is 7.76. The van der Waals surface area contributed by atoms with Crippen molar-refractivity contribution in [3.05, 3.63) is 65.5 Å². The Labute approximate surface area is 130 Å². The molecular formula is C19H19N3. The van der Waals surface area contributed by atoms with E-state index in [1.165, 1.54) is 16.7 Å². The Bertz CT molecular complexity index is 836. The lowest BCUT2D eigenvalue weighted by atomic mass is 10.1. The van der Waals surface area contributed by atoms with Gasteiger partial charge in [-0.15, -0.1) is 0 Å². The van der Waals surface area contributed by atoms with E-state index in [1.807, 2.05) is 0 Å². The van der Waals surface area contributed by atoms with E-state index in [4.69, 9.17) is 0 Å². The van der Waals surface area contributed by atoms with Gasteiger partial charge in [-0.1, -0.05) is 36.4 Å². The zero-order valence-corrected chi connectivity index (χ0v) is 13.0. The molecule has 110 valence electrons. The molecule has 0 N–H and O–H groups in total. The number of hydrogen-bond acceptors (Lipinski definition) is 3. The van der Waals surface area contributed by atoms with Crippen LogP contribution in [-0.2, 0) is 6.42 Å². The van der Waals surface area contributed by atoms with E-state index in [2.05, 4.69) is 71.3 Å². The Morgan fingerprint density at radius 1 is 1.05 bits per heavy atom. The van der Waals surface area contributed by atoms with Crippen LogP contribution in [0.5, 0.6) is 0 Å². The minimum Gasteiger partial charge on any atom is -0.352 e. The largest absolute Gasteiger partial charge is 0.352 e. The summed E-state index contributed by atoms with van der Waals surface area (Å²) >= 11 is 0. The van der Waals surface area contributed by atoms with Crippen LogP contribution in [0.4, 0.5) is 5.82 Å². The van der Waals surface area contributed by atoms with E-state index < -0.39 is 0 Å². The van der Waals surface area contributed by atoms with Gasteiger partial charge in [-0.05, 0) is 42.5 Å². The molecule has 22 heavy (non-hydrogen) atoms. The molecule has 0 unspecified atom stereocenters. The van der Waals surface area contributed by atoms with Gasteiger partial charge in [0.15, 0.2) is 0 Å². The highest BCUT2D eigenvalue weighted by molar-refractivity contribution is 5.92. The van der Waals surface area contributed by atoms with Crippen LogP contribution in [0.15, 0.2) is 48.8 Å². The van der Waals surface area contributed by atoms with E-state index in [-0.39, 0.29) is 0 Å². The van der Waals surface area contributed by atoms with Crippen molar-refractivity contribution in [2.24, 2.45) is 0 Å². The molecule has 3 nitrogen and oxygen atoms in total. The molecule has 0 amide bonds. The maximum atomic E-state index is 4.60. The number of rotatable bonds is 2. The first-order valence-electron chi connectivity index (χ1n) is 7.76. The predicted octanol–water partition coefficient (Wildman–Crippen LogP) is 4.06. The molecule has 3 heteroatoms. The van der Waals surface area contributed by atoms with Gasteiger partial charge in [0.05, 0.1) is 11.6 Å². The summed E-state index contributed by atoms with van der Waals surface area (Å²) in [5.41, 5.74) is 5.15. The lowest BCUT2D eigenvalue weighted by Gasteiger charge is -2.27. The van der Waals surface area contributed by atoms with E-state index in [0.717, 1.165) is 29.6 Å². The number of aryl methyl sites for hydroxylation is 2. The quantitative estimate of drug-likeness (QED) is 0.712. The van der Waals surface area contributed by atoms with Gasteiger partial charge in [0.2, 0.25) is 0 Å². The fourth-order valence-corrected chi connectivity index (χ4v) is 3.61. The van der Waals surface area contributed by atoms with Crippen LogP contribution in [0.25, 0.3) is 10.9 Å². The fraction of sp³-hybridized carbons (Fsp3) is 0.263. The molecule has 1 aliphatic rings. The van der Waals surface area contributed by atoms with Gasteiger partial charge in [0.25, 0.3) is 0 Å². The van der Waals surface area contributed by atoms with Gasteiger partial charge >= 0.3 is 0 Å². The predicted molar refractivity (Wildman–Crippen MR) is 90.2 cm³/mol. The maximum absolute atomic E-state index is 4.60. The summed E-state index contributed by atoms with van der Waals surface area (Å²) < 4.78 is 0. The number of fused-ring (bicyclic) bond motifs is 2. The molecule has 0 spiro atoms. The Kier molecular flexibility index (Phi) is 3.07. The molecule has 0 radical (unpaired) electrons. The number of hydrogen-bond donors (Lipinski definition) is 0. The SMILES string of the molecule is Cc1cccc2ncnc(N(C)[C@H]3CCc4ccccc43)c12. The second kappa shape index (κ2) is 5.09. The highest BCUT2D eigenvalue weighted by Crippen LogP contribution is 2.38. The average molecular weight is 289 g/mol. The molecule has 0 saturated carbocycles. The summed E-state index contributed by atoms with van der Waals surface area (Å²) in [5, 5.41) is 1.16. The minimum absolute atomic E-state index is 0.397. The summed E-state index contributed by atoms with van der Waals surface area (Å²) in [6.45, 7) is 2.13. The highest BCUT2D eigenvalue weighted by atomic mass is 15.2. The van der Waals surface area contributed by atoms with Crippen molar-refractivity contribution in [2.45, 2.75) is 25.8 Å². The molecule has 1 atom stereocenters. The van der Waals surface area contributed by atoms with Gasteiger partial charge in [0.1, 0.15) is 12.1 Å². The molecule has 1 aliphatic carbocycles. The van der Waals surface area contributed by atoms with Crippen molar-refractivity contribution >= 4 is 16.7 Å². The molecule has 1 aromatic heterocycles. The third kappa shape index (κ3) is 1.97. The molecule has 0 saturated heterocycles. The molecular weight excluding hydrogens is 270 g/mol. The highest BCUT2D eigenvalue weighted by Gasteiger charge is 2.27. The number of nitrogens with zero attached hydrogens (tertiary/aromatic N) is 3. The van der Waals surface area contributed by atoms with Crippen LogP contribution < -0.4 is 4.90 Å². The zero-order valence-electron chi connectivity index (χ0n) is 13.0. The van der Waals surface area contributed by atoms with Crippen LogP contribution in [-0.4, -0.2) is 17.0 Å². The van der Waals surface area contributed by atoms with Gasteiger partial charge in [0, 0.05) is 12.4 Å². The lowest BCUT2D eigenvalue weighted by Crippen LogP contribution is -2.23. The van der Waals surface area contributed by atoms with Gasteiger partial charge in [-0.25, -0.2) is 9.97 Å². The second-order valence-corrected chi connectivity index (χ2v) is 6.03. The van der Waals surface area contributed by atoms with Crippen LogP contribution in [0, 0.1) is 6.92 Å². The Balaban J connectivity index is 1.83. The molecule has 4 rings (SSSR count). The summed E-state index contributed by atoms with van der Waals surface area (Å²) in [4.78, 5) is 11.3. The number of aromatic nitrogens is 2. The molecule has 0 fully saturated rings. The lowest BCUT2D eigenvalue weighted by molar-refractivity contribution is 0.657. The first-order chi connectivity index (χ1) is 10.8. The summed E-state index contributed by atoms with van der Waals surface area (Å²) in [7, 11) is 2.15. The maximum Gasteiger partial charge on any atom is 0.140 e. The molecule has 1 heterocycles.